The number of aliphatic carboxylic acids is 1. The molecule has 4 aromatic rings. The normalized spacial score (nSPS) is 11.2. The molecule has 0 N–H and O–H groups in total. The van der Waals surface area contributed by atoms with Gasteiger partial charge in [0.05, 0.1) is 11.7 Å². The van der Waals surface area contributed by atoms with Crippen LogP contribution in [-0.2, 0) is 11.2 Å². The van der Waals surface area contributed by atoms with Crippen molar-refractivity contribution in [2.24, 2.45) is 0 Å². The topological polar surface area (TPSA) is 80.0 Å². The number of hydrogen-bond acceptors (Lipinski definition) is 7. The predicted molar refractivity (Wildman–Crippen MR) is 125 cm³/mol. The minimum Gasteiger partial charge on any atom is -0.549 e. The lowest BCUT2D eigenvalue weighted by atomic mass is 10.1. The number of nitrogens with zero attached hydrogens (tertiary/aromatic N) is 3. The summed E-state index contributed by atoms with van der Waals surface area (Å²) in [5.74, 6) is -1.55. The predicted octanol–water partition coefficient (Wildman–Crippen LogP) is 3.68. The third-order valence-corrected chi connectivity index (χ3v) is 7.12. The van der Waals surface area contributed by atoms with Crippen molar-refractivity contribution in [1.82, 2.24) is 14.1 Å². The number of thiazole rings is 1. The van der Waals surface area contributed by atoms with Crippen molar-refractivity contribution in [3.63, 3.8) is 0 Å². The molecule has 9 heteroatoms. The van der Waals surface area contributed by atoms with E-state index < -0.39 is 5.97 Å². The third kappa shape index (κ3) is 4.08. The molecule has 0 saturated carbocycles. The molecule has 0 amide bonds. The van der Waals surface area contributed by atoms with Crippen LogP contribution in [0.4, 0.5) is 0 Å². The summed E-state index contributed by atoms with van der Waals surface area (Å²) in [4.78, 5) is 29.4. The van der Waals surface area contributed by atoms with E-state index in [4.69, 9.17) is 17.2 Å². The largest absolute Gasteiger partial charge is 0.549 e. The first-order valence-electron chi connectivity index (χ1n) is 9.57. The summed E-state index contributed by atoms with van der Waals surface area (Å²) < 4.78 is 4.15. The summed E-state index contributed by atoms with van der Waals surface area (Å²) in [7, 11) is 0. The Hall–Kier alpha value is -2.75. The molecule has 0 atom stereocenters. The number of carbonyl (C=O) groups is 1. The van der Waals surface area contributed by atoms with Gasteiger partial charge in [-0.15, -0.1) is 0 Å². The average Bonchev–Trinajstić information content (AvgIpc) is 3.09. The maximum atomic E-state index is 13.5. The fourth-order valence-electron chi connectivity index (χ4n) is 3.29. The fourth-order valence-corrected chi connectivity index (χ4v) is 5.31. The number of fused-ring (bicyclic) bond motifs is 1. The van der Waals surface area contributed by atoms with E-state index in [1.165, 1.54) is 21.5 Å². The molecule has 0 saturated heterocycles. The molecule has 2 aromatic carbocycles. The van der Waals surface area contributed by atoms with Crippen LogP contribution in [0.2, 0.25) is 0 Å². The van der Waals surface area contributed by atoms with Crippen molar-refractivity contribution in [2.45, 2.75) is 25.4 Å². The first-order valence-corrected chi connectivity index (χ1v) is 11.8. The van der Waals surface area contributed by atoms with Crippen molar-refractivity contribution in [3.05, 3.63) is 74.0 Å². The smallest absolute Gasteiger partial charge is 0.278 e. The van der Waals surface area contributed by atoms with Gasteiger partial charge in [0.2, 0.25) is 0 Å². The van der Waals surface area contributed by atoms with Gasteiger partial charge in [0.25, 0.3) is 5.56 Å². The Balaban J connectivity index is 2.01. The summed E-state index contributed by atoms with van der Waals surface area (Å²) in [6.45, 7) is 3.97. The van der Waals surface area contributed by atoms with Gasteiger partial charge < -0.3 is 9.90 Å². The Morgan fingerprint density at radius 3 is 2.52 bits per heavy atom. The van der Waals surface area contributed by atoms with Gasteiger partial charge in [-0.25, -0.2) is 4.98 Å². The number of aryl methyl sites for hydroxylation is 2. The number of aromatic nitrogens is 3. The van der Waals surface area contributed by atoms with Gasteiger partial charge in [0.1, 0.15) is 4.70 Å². The number of carbonyl (C=O) groups excluding carboxylic acids is 1. The zero-order valence-corrected chi connectivity index (χ0v) is 19.3. The Kier molecular flexibility index (Phi) is 6.08. The second-order valence-electron chi connectivity index (χ2n) is 6.86. The lowest BCUT2D eigenvalue weighted by molar-refractivity contribution is -0.301. The standard InChI is InChI=1S/C22H19N3O3S3/c1-3-14-8-10-15(11-9-14)24-19-18(31-22(24)29)20(28)25(16-7-5-4-6-13(16)2)21(23-19)30-12-17(26)27/h4-11H,3,12H2,1-2H3,(H,26,27)/p-1. The lowest BCUT2D eigenvalue weighted by Gasteiger charge is -2.15. The highest BCUT2D eigenvalue weighted by Crippen LogP contribution is 2.28. The third-order valence-electron chi connectivity index (χ3n) is 4.86. The Morgan fingerprint density at radius 1 is 1.16 bits per heavy atom. The molecule has 0 bridgehead atoms. The van der Waals surface area contributed by atoms with E-state index in [0.717, 1.165) is 29.4 Å². The average molecular weight is 469 g/mol. The SMILES string of the molecule is CCc1ccc(-n2c(=S)sc3c(=O)n(-c4ccccc4C)c(SCC(=O)[O-])nc32)cc1. The number of para-hydroxylation sites is 1. The first kappa shape index (κ1) is 21.5. The van der Waals surface area contributed by atoms with E-state index in [9.17, 15) is 14.7 Å². The Labute approximate surface area is 191 Å². The van der Waals surface area contributed by atoms with Crippen LogP contribution >= 0.6 is 35.3 Å². The van der Waals surface area contributed by atoms with Crippen molar-refractivity contribution in [3.8, 4) is 11.4 Å². The molecule has 0 fully saturated rings. The zero-order valence-electron chi connectivity index (χ0n) is 16.8. The molecule has 2 heterocycles. The number of benzene rings is 2. The molecule has 0 spiro atoms. The molecule has 0 aliphatic heterocycles. The van der Waals surface area contributed by atoms with Crippen LogP contribution in [0.3, 0.4) is 0 Å². The first-order chi connectivity index (χ1) is 14.9. The molecule has 4 rings (SSSR count). The molecular weight excluding hydrogens is 450 g/mol. The van der Waals surface area contributed by atoms with Crippen molar-refractivity contribution >= 4 is 51.6 Å². The second kappa shape index (κ2) is 8.78. The maximum Gasteiger partial charge on any atom is 0.278 e. The van der Waals surface area contributed by atoms with Gasteiger partial charge in [-0.05, 0) is 54.9 Å². The molecule has 31 heavy (non-hydrogen) atoms. The van der Waals surface area contributed by atoms with E-state index in [-0.39, 0.29) is 16.5 Å². The van der Waals surface area contributed by atoms with Crippen molar-refractivity contribution in [2.75, 3.05) is 5.75 Å². The quantitative estimate of drug-likeness (QED) is 0.244. The highest BCUT2D eigenvalue weighted by Gasteiger charge is 2.19. The van der Waals surface area contributed by atoms with E-state index in [0.29, 0.717) is 20.0 Å². The Bertz CT molecular complexity index is 1400. The molecule has 0 unspecified atom stereocenters. The van der Waals surface area contributed by atoms with Gasteiger partial charge in [0.15, 0.2) is 14.8 Å². The molecule has 0 radical (unpaired) electrons. The van der Waals surface area contributed by atoms with Crippen LogP contribution in [0.1, 0.15) is 18.1 Å². The zero-order chi connectivity index (χ0) is 22.1. The van der Waals surface area contributed by atoms with Gasteiger partial charge in [-0.1, -0.05) is 60.4 Å². The van der Waals surface area contributed by atoms with Crippen LogP contribution in [0.5, 0.6) is 0 Å². The molecule has 0 aliphatic carbocycles. The van der Waals surface area contributed by atoms with E-state index in [2.05, 4.69) is 6.92 Å². The maximum absolute atomic E-state index is 13.5. The van der Waals surface area contributed by atoms with Crippen LogP contribution in [0.25, 0.3) is 21.7 Å². The lowest BCUT2D eigenvalue weighted by Crippen LogP contribution is -2.26. The monoisotopic (exact) mass is 468 g/mol. The fraction of sp³-hybridized carbons (Fsp3) is 0.182. The van der Waals surface area contributed by atoms with Crippen LogP contribution in [0.15, 0.2) is 58.5 Å². The minimum absolute atomic E-state index is 0.278. The van der Waals surface area contributed by atoms with E-state index in [1.807, 2.05) is 55.5 Å². The molecule has 158 valence electrons. The van der Waals surface area contributed by atoms with Crippen LogP contribution < -0.4 is 10.7 Å². The molecule has 2 aromatic heterocycles. The van der Waals surface area contributed by atoms with E-state index >= 15 is 0 Å². The summed E-state index contributed by atoms with van der Waals surface area (Å²) in [5.41, 5.74) is 3.68. The van der Waals surface area contributed by atoms with Crippen LogP contribution in [0, 0.1) is 10.9 Å². The van der Waals surface area contributed by atoms with Gasteiger partial charge in [0, 0.05) is 11.4 Å². The van der Waals surface area contributed by atoms with Gasteiger partial charge >= 0.3 is 0 Å². The number of rotatable bonds is 6. The number of hydrogen-bond donors (Lipinski definition) is 0. The van der Waals surface area contributed by atoms with Gasteiger partial charge in [-0.2, -0.15) is 0 Å². The number of carboxylic acids is 1. The molecule has 6 nitrogen and oxygen atoms in total. The van der Waals surface area contributed by atoms with Gasteiger partial charge in [-0.3, -0.25) is 13.9 Å². The van der Waals surface area contributed by atoms with Crippen molar-refractivity contribution in [1.29, 1.82) is 0 Å². The summed E-state index contributed by atoms with van der Waals surface area (Å²) in [6, 6.07) is 15.3. The Morgan fingerprint density at radius 2 is 1.87 bits per heavy atom. The highest BCUT2D eigenvalue weighted by molar-refractivity contribution is 7.99. The van der Waals surface area contributed by atoms with E-state index in [1.54, 1.807) is 4.57 Å². The number of carboxylic acid groups (broad SMARTS) is 1. The minimum atomic E-state index is -1.23. The van der Waals surface area contributed by atoms with Crippen LogP contribution in [-0.4, -0.2) is 25.8 Å². The summed E-state index contributed by atoms with van der Waals surface area (Å²) in [6.07, 6.45) is 0.916. The highest BCUT2D eigenvalue weighted by atomic mass is 32.2. The second-order valence-corrected chi connectivity index (χ2v) is 9.44. The molecule has 0 aliphatic rings. The number of thioether (sulfide) groups is 1. The summed E-state index contributed by atoms with van der Waals surface area (Å²) >= 11 is 7.73. The summed E-state index contributed by atoms with van der Waals surface area (Å²) in [5, 5.41) is 11.4. The van der Waals surface area contributed by atoms with Crippen molar-refractivity contribution < 1.29 is 9.90 Å². The molecular formula is C22H18N3O3S3-.